The lowest BCUT2D eigenvalue weighted by molar-refractivity contribution is -0.141. The van der Waals surface area contributed by atoms with Gasteiger partial charge in [0.15, 0.2) is 0 Å². The molecule has 0 radical (unpaired) electrons. The average molecular weight is 286 g/mol. The fourth-order valence-corrected chi connectivity index (χ4v) is 2.33. The van der Waals surface area contributed by atoms with Crippen LogP contribution >= 0.6 is 0 Å². The third kappa shape index (κ3) is 5.36. The highest BCUT2D eigenvalue weighted by molar-refractivity contribution is 5.74. The summed E-state index contributed by atoms with van der Waals surface area (Å²) in [5.41, 5.74) is 0. The Balaban J connectivity index is 2.20. The summed E-state index contributed by atoms with van der Waals surface area (Å²) >= 11 is 0. The summed E-state index contributed by atoms with van der Waals surface area (Å²) < 4.78 is 5.23. The molecule has 1 rings (SSSR count). The van der Waals surface area contributed by atoms with Gasteiger partial charge in [0.2, 0.25) is 0 Å². The molecule has 20 heavy (non-hydrogen) atoms. The summed E-state index contributed by atoms with van der Waals surface area (Å²) in [4.78, 5) is 24.5. The van der Waals surface area contributed by atoms with Crippen LogP contribution in [-0.2, 0) is 9.53 Å². The highest BCUT2D eigenvalue weighted by Crippen LogP contribution is 2.13. The topological polar surface area (TPSA) is 78.9 Å². The van der Waals surface area contributed by atoms with Crippen LogP contribution in [0.25, 0.3) is 0 Å². The van der Waals surface area contributed by atoms with E-state index in [1.807, 2.05) is 6.92 Å². The summed E-state index contributed by atoms with van der Waals surface area (Å²) in [5, 5.41) is 11.7. The van der Waals surface area contributed by atoms with E-state index in [1.54, 1.807) is 18.9 Å². The van der Waals surface area contributed by atoms with E-state index in [0.717, 1.165) is 25.8 Å². The molecule has 0 aromatic heterocycles. The molecule has 3 atom stereocenters. The quantitative estimate of drug-likeness (QED) is 0.746. The molecule has 1 saturated heterocycles. The van der Waals surface area contributed by atoms with E-state index in [4.69, 9.17) is 9.84 Å². The van der Waals surface area contributed by atoms with Gasteiger partial charge in [0, 0.05) is 26.2 Å². The number of rotatable bonds is 7. The Morgan fingerprint density at radius 2 is 2.10 bits per heavy atom. The van der Waals surface area contributed by atoms with Crippen molar-refractivity contribution in [3.63, 3.8) is 0 Å². The molecule has 2 N–H and O–H groups in total. The number of likely N-dealkylation sites (tertiary alicyclic amines) is 1. The molecule has 0 bridgehead atoms. The van der Waals surface area contributed by atoms with Gasteiger partial charge in [-0.3, -0.25) is 4.79 Å². The van der Waals surface area contributed by atoms with Crippen LogP contribution in [0.1, 0.15) is 39.5 Å². The highest BCUT2D eigenvalue weighted by Gasteiger charge is 2.26. The van der Waals surface area contributed by atoms with Crippen LogP contribution in [-0.4, -0.2) is 54.4 Å². The summed E-state index contributed by atoms with van der Waals surface area (Å²) in [6, 6.07) is 0.00780. The number of hydrogen-bond acceptors (Lipinski definition) is 3. The Hall–Kier alpha value is -1.30. The predicted octanol–water partition coefficient (Wildman–Crippen LogP) is 1.70. The van der Waals surface area contributed by atoms with E-state index in [0.29, 0.717) is 13.0 Å². The van der Waals surface area contributed by atoms with E-state index in [2.05, 4.69) is 5.32 Å². The fourth-order valence-electron chi connectivity index (χ4n) is 2.33. The van der Waals surface area contributed by atoms with Crippen molar-refractivity contribution in [1.82, 2.24) is 10.2 Å². The average Bonchev–Trinajstić information content (AvgIpc) is 2.87. The van der Waals surface area contributed by atoms with Crippen LogP contribution in [0.2, 0.25) is 0 Å². The lowest BCUT2D eigenvalue weighted by Gasteiger charge is -2.21. The standard InChI is InChI=1S/C14H26N2O4/c1-10(13(17)18)5-4-6-11(2)15-14(19)16-8-7-12(9-16)20-3/h10-12H,4-9H2,1-3H3,(H,15,19)(H,17,18). The number of ether oxygens (including phenoxy) is 1. The minimum atomic E-state index is -0.760. The van der Waals surface area contributed by atoms with Gasteiger partial charge in [-0.05, 0) is 26.2 Å². The molecule has 0 aromatic carbocycles. The Labute approximate surface area is 120 Å². The minimum absolute atomic E-state index is 0.0525. The molecule has 0 saturated carbocycles. The van der Waals surface area contributed by atoms with Crippen LogP contribution in [0.15, 0.2) is 0 Å². The van der Waals surface area contributed by atoms with E-state index in [1.165, 1.54) is 0 Å². The number of amides is 2. The third-order valence-corrected chi connectivity index (χ3v) is 3.83. The number of methoxy groups -OCH3 is 1. The number of nitrogens with zero attached hydrogens (tertiary/aromatic N) is 1. The smallest absolute Gasteiger partial charge is 0.317 e. The lowest BCUT2D eigenvalue weighted by Crippen LogP contribution is -2.43. The number of aliphatic carboxylic acids is 1. The second-order valence-electron chi connectivity index (χ2n) is 5.61. The number of carbonyl (C=O) groups is 2. The second-order valence-corrected chi connectivity index (χ2v) is 5.61. The van der Waals surface area contributed by atoms with Gasteiger partial charge in [-0.25, -0.2) is 4.79 Å². The Kier molecular flexibility index (Phi) is 6.78. The van der Waals surface area contributed by atoms with Crippen molar-refractivity contribution >= 4 is 12.0 Å². The summed E-state index contributed by atoms with van der Waals surface area (Å²) in [6.07, 6.45) is 3.27. The molecule has 6 nitrogen and oxygen atoms in total. The first-order valence-corrected chi connectivity index (χ1v) is 7.25. The highest BCUT2D eigenvalue weighted by atomic mass is 16.5. The van der Waals surface area contributed by atoms with Crippen LogP contribution in [0.3, 0.4) is 0 Å². The van der Waals surface area contributed by atoms with Crippen molar-refractivity contribution in [3.05, 3.63) is 0 Å². The van der Waals surface area contributed by atoms with Crippen molar-refractivity contribution in [2.45, 2.75) is 51.7 Å². The number of urea groups is 1. The Bertz CT molecular complexity index is 335. The van der Waals surface area contributed by atoms with Crippen molar-refractivity contribution in [1.29, 1.82) is 0 Å². The van der Waals surface area contributed by atoms with Gasteiger partial charge >= 0.3 is 12.0 Å². The summed E-state index contributed by atoms with van der Waals surface area (Å²) in [5.74, 6) is -1.08. The van der Waals surface area contributed by atoms with Crippen molar-refractivity contribution < 1.29 is 19.4 Å². The van der Waals surface area contributed by atoms with Crippen LogP contribution in [0, 0.1) is 5.92 Å². The molecule has 2 amide bonds. The monoisotopic (exact) mass is 286 g/mol. The van der Waals surface area contributed by atoms with Crippen LogP contribution in [0.4, 0.5) is 4.79 Å². The largest absolute Gasteiger partial charge is 0.481 e. The molecule has 1 heterocycles. The molecule has 3 unspecified atom stereocenters. The normalized spacial score (nSPS) is 21.6. The maximum atomic E-state index is 12.0. The zero-order chi connectivity index (χ0) is 15.1. The third-order valence-electron chi connectivity index (χ3n) is 3.83. The van der Waals surface area contributed by atoms with Crippen LogP contribution in [0.5, 0.6) is 0 Å². The second kappa shape index (κ2) is 8.09. The number of hydrogen-bond donors (Lipinski definition) is 2. The summed E-state index contributed by atoms with van der Waals surface area (Å²) in [7, 11) is 1.66. The molecule has 0 aliphatic carbocycles. The molecule has 1 aliphatic rings. The first-order chi connectivity index (χ1) is 9.43. The fraction of sp³-hybridized carbons (Fsp3) is 0.857. The molecular weight excluding hydrogens is 260 g/mol. The number of carboxylic acids is 1. The molecule has 1 aliphatic heterocycles. The zero-order valence-corrected chi connectivity index (χ0v) is 12.6. The molecule has 116 valence electrons. The Morgan fingerprint density at radius 1 is 1.40 bits per heavy atom. The number of carboxylic acid groups (broad SMARTS) is 1. The van der Waals surface area contributed by atoms with Gasteiger partial charge in [0.1, 0.15) is 0 Å². The molecule has 1 fully saturated rings. The van der Waals surface area contributed by atoms with Gasteiger partial charge < -0.3 is 20.1 Å². The van der Waals surface area contributed by atoms with E-state index in [9.17, 15) is 9.59 Å². The van der Waals surface area contributed by atoms with Crippen LogP contribution < -0.4 is 5.32 Å². The molecule has 0 aromatic rings. The zero-order valence-electron chi connectivity index (χ0n) is 12.6. The van der Waals surface area contributed by atoms with E-state index < -0.39 is 5.97 Å². The van der Waals surface area contributed by atoms with Gasteiger partial charge in [-0.1, -0.05) is 13.3 Å². The lowest BCUT2D eigenvalue weighted by atomic mass is 10.0. The van der Waals surface area contributed by atoms with Crippen molar-refractivity contribution in [3.8, 4) is 0 Å². The number of nitrogens with one attached hydrogen (secondary N) is 1. The Morgan fingerprint density at radius 3 is 2.65 bits per heavy atom. The van der Waals surface area contributed by atoms with Crippen molar-refractivity contribution in [2.24, 2.45) is 5.92 Å². The van der Waals surface area contributed by atoms with E-state index in [-0.39, 0.29) is 24.1 Å². The van der Waals surface area contributed by atoms with Gasteiger partial charge in [0.05, 0.1) is 12.0 Å². The molecule has 0 spiro atoms. The SMILES string of the molecule is COC1CCN(C(=O)NC(C)CCCC(C)C(=O)O)C1. The minimum Gasteiger partial charge on any atom is -0.481 e. The summed E-state index contributed by atoms with van der Waals surface area (Å²) in [6.45, 7) is 5.03. The maximum Gasteiger partial charge on any atom is 0.317 e. The number of carbonyl (C=O) groups excluding carboxylic acids is 1. The molecule has 6 heteroatoms. The predicted molar refractivity (Wildman–Crippen MR) is 75.6 cm³/mol. The van der Waals surface area contributed by atoms with E-state index >= 15 is 0 Å². The first-order valence-electron chi connectivity index (χ1n) is 7.25. The van der Waals surface area contributed by atoms with Gasteiger partial charge in [-0.15, -0.1) is 0 Å². The van der Waals surface area contributed by atoms with Gasteiger partial charge in [-0.2, -0.15) is 0 Å². The molecular formula is C14H26N2O4. The maximum absolute atomic E-state index is 12.0. The van der Waals surface area contributed by atoms with Gasteiger partial charge in [0.25, 0.3) is 0 Å². The van der Waals surface area contributed by atoms with Crippen molar-refractivity contribution in [2.75, 3.05) is 20.2 Å². The first kappa shape index (κ1) is 16.8.